The van der Waals surface area contributed by atoms with Gasteiger partial charge in [-0.1, -0.05) is 12.1 Å². The van der Waals surface area contributed by atoms with Gasteiger partial charge in [0, 0.05) is 12.1 Å². The predicted molar refractivity (Wildman–Crippen MR) is 58.7 cm³/mol. The third kappa shape index (κ3) is 2.38. The summed E-state index contributed by atoms with van der Waals surface area (Å²) in [5.41, 5.74) is 0.421. The smallest absolute Gasteiger partial charge is 0.258 e. The molecular formula is C10H11NO4S. The molecule has 0 spiro atoms. The van der Waals surface area contributed by atoms with Crippen molar-refractivity contribution in [1.29, 1.82) is 0 Å². The molecular weight excluding hydrogens is 230 g/mol. The van der Waals surface area contributed by atoms with Crippen LogP contribution in [-0.4, -0.2) is 18.6 Å². The second-order valence-electron chi connectivity index (χ2n) is 3.93. The maximum Gasteiger partial charge on any atom is 0.269 e. The highest BCUT2D eigenvalue weighted by Crippen LogP contribution is 2.31. The maximum atomic E-state index is 11.7. The van der Waals surface area contributed by atoms with Gasteiger partial charge in [0.2, 0.25) is 0 Å². The van der Waals surface area contributed by atoms with Gasteiger partial charge in [0.15, 0.2) is 9.84 Å². The highest BCUT2D eigenvalue weighted by Gasteiger charge is 2.35. The number of rotatable bonds is 4. The van der Waals surface area contributed by atoms with Crippen LogP contribution in [0.4, 0.5) is 5.69 Å². The Morgan fingerprint density at radius 1 is 1.38 bits per heavy atom. The van der Waals surface area contributed by atoms with Crippen molar-refractivity contribution in [2.24, 2.45) is 0 Å². The minimum absolute atomic E-state index is 0.0662. The molecule has 16 heavy (non-hydrogen) atoms. The minimum atomic E-state index is -3.11. The van der Waals surface area contributed by atoms with Gasteiger partial charge in [-0.15, -0.1) is 0 Å². The molecule has 6 heteroatoms. The summed E-state index contributed by atoms with van der Waals surface area (Å²) in [5.74, 6) is -0.0979. The van der Waals surface area contributed by atoms with E-state index in [9.17, 15) is 18.5 Å². The quantitative estimate of drug-likeness (QED) is 0.593. The number of sulfone groups is 1. The molecule has 1 fully saturated rings. The first-order chi connectivity index (χ1) is 7.49. The molecule has 0 aliphatic heterocycles. The molecule has 1 aliphatic carbocycles. The summed E-state index contributed by atoms with van der Waals surface area (Å²) in [6, 6.07) is 5.79. The molecule has 0 bridgehead atoms. The molecule has 0 saturated heterocycles. The van der Waals surface area contributed by atoms with Crippen LogP contribution in [0.15, 0.2) is 24.3 Å². The third-order valence-corrected chi connectivity index (χ3v) is 4.74. The number of nitrogens with zero attached hydrogens (tertiary/aromatic N) is 1. The Kier molecular flexibility index (Phi) is 2.67. The molecule has 1 saturated carbocycles. The van der Waals surface area contributed by atoms with Crippen LogP contribution < -0.4 is 0 Å². The normalized spacial score (nSPS) is 16.0. The Labute approximate surface area is 93.2 Å². The molecule has 0 heterocycles. The van der Waals surface area contributed by atoms with Gasteiger partial charge < -0.3 is 0 Å². The van der Waals surface area contributed by atoms with Crippen LogP contribution in [0.25, 0.3) is 0 Å². The number of nitro groups is 1. The molecule has 0 amide bonds. The fourth-order valence-corrected chi connectivity index (χ4v) is 3.27. The van der Waals surface area contributed by atoms with Crippen molar-refractivity contribution in [3.63, 3.8) is 0 Å². The molecule has 2 rings (SSSR count). The summed E-state index contributed by atoms with van der Waals surface area (Å²) < 4.78 is 23.3. The Hall–Kier alpha value is -1.43. The van der Waals surface area contributed by atoms with Crippen LogP contribution in [-0.2, 0) is 15.6 Å². The van der Waals surface area contributed by atoms with Crippen LogP contribution >= 0.6 is 0 Å². The first kappa shape index (κ1) is 11.1. The number of benzene rings is 1. The van der Waals surface area contributed by atoms with Gasteiger partial charge in [0.05, 0.1) is 15.9 Å². The Bertz CT molecular complexity index is 519. The lowest BCUT2D eigenvalue weighted by Gasteiger charge is -2.02. The van der Waals surface area contributed by atoms with Crippen molar-refractivity contribution in [2.45, 2.75) is 23.8 Å². The van der Waals surface area contributed by atoms with Gasteiger partial charge in [0.1, 0.15) is 0 Å². The number of hydrogen-bond acceptors (Lipinski definition) is 4. The van der Waals surface area contributed by atoms with Crippen LogP contribution in [0.5, 0.6) is 0 Å². The van der Waals surface area contributed by atoms with E-state index in [0.717, 1.165) is 12.8 Å². The first-order valence-electron chi connectivity index (χ1n) is 4.94. The van der Waals surface area contributed by atoms with Crippen molar-refractivity contribution >= 4 is 15.5 Å². The average Bonchev–Trinajstić information content (AvgIpc) is 3.00. The Morgan fingerprint density at radius 3 is 2.62 bits per heavy atom. The fraction of sp³-hybridized carbons (Fsp3) is 0.400. The standard InChI is InChI=1S/C10H11NO4S/c12-11(13)9-3-1-2-8(6-9)7-16(14,15)10-4-5-10/h1-3,6,10H,4-5,7H2. The van der Waals surface area contributed by atoms with Crippen molar-refractivity contribution in [3.8, 4) is 0 Å². The van der Waals surface area contributed by atoms with E-state index in [2.05, 4.69) is 0 Å². The van der Waals surface area contributed by atoms with Gasteiger partial charge in [-0.3, -0.25) is 10.1 Å². The highest BCUT2D eigenvalue weighted by molar-refractivity contribution is 7.91. The van der Waals surface area contributed by atoms with E-state index >= 15 is 0 Å². The largest absolute Gasteiger partial charge is 0.269 e. The summed E-state index contributed by atoms with van der Waals surface area (Å²) >= 11 is 0. The molecule has 0 atom stereocenters. The van der Waals surface area contributed by atoms with Crippen molar-refractivity contribution in [1.82, 2.24) is 0 Å². The number of non-ortho nitro benzene ring substituents is 1. The van der Waals surface area contributed by atoms with E-state index in [1.807, 2.05) is 0 Å². The van der Waals surface area contributed by atoms with E-state index in [4.69, 9.17) is 0 Å². The minimum Gasteiger partial charge on any atom is -0.258 e. The zero-order valence-electron chi connectivity index (χ0n) is 8.50. The van der Waals surface area contributed by atoms with Gasteiger partial charge in [0.25, 0.3) is 5.69 Å². The summed E-state index contributed by atoms with van der Waals surface area (Å²) in [6.45, 7) is 0. The van der Waals surface area contributed by atoms with Crippen LogP contribution in [0.2, 0.25) is 0 Å². The molecule has 0 unspecified atom stereocenters. The van der Waals surface area contributed by atoms with E-state index in [0.29, 0.717) is 5.56 Å². The predicted octanol–water partition coefficient (Wildman–Crippen LogP) is 1.67. The van der Waals surface area contributed by atoms with Gasteiger partial charge in [-0.05, 0) is 18.4 Å². The SMILES string of the molecule is O=[N+]([O-])c1cccc(CS(=O)(=O)C2CC2)c1. The maximum absolute atomic E-state index is 11.7. The molecule has 0 N–H and O–H groups in total. The summed E-state index contributed by atoms with van der Waals surface area (Å²) in [6.07, 6.45) is 1.44. The monoisotopic (exact) mass is 241 g/mol. The zero-order valence-corrected chi connectivity index (χ0v) is 9.31. The van der Waals surface area contributed by atoms with Crippen molar-refractivity contribution < 1.29 is 13.3 Å². The lowest BCUT2D eigenvalue weighted by Crippen LogP contribution is -2.09. The lowest BCUT2D eigenvalue weighted by atomic mass is 10.2. The molecule has 0 aromatic heterocycles. The van der Waals surface area contributed by atoms with E-state index in [-0.39, 0.29) is 16.7 Å². The summed E-state index contributed by atoms with van der Waals surface area (Å²) in [5, 5.41) is 10.3. The van der Waals surface area contributed by atoms with Crippen molar-refractivity contribution in [2.75, 3.05) is 0 Å². The third-order valence-electron chi connectivity index (χ3n) is 2.52. The fourth-order valence-electron chi connectivity index (χ4n) is 1.54. The highest BCUT2D eigenvalue weighted by atomic mass is 32.2. The molecule has 0 radical (unpaired) electrons. The topological polar surface area (TPSA) is 77.3 Å². The van der Waals surface area contributed by atoms with Crippen LogP contribution in [0.1, 0.15) is 18.4 Å². The van der Waals surface area contributed by atoms with Crippen LogP contribution in [0, 0.1) is 10.1 Å². The van der Waals surface area contributed by atoms with Gasteiger partial charge in [-0.2, -0.15) is 0 Å². The van der Waals surface area contributed by atoms with Crippen molar-refractivity contribution in [3.05, 3.63) is 39.9 Å². The van der Waals surface area contributed by atoms with Gasteiger partial charge >= 0.3 is 0 Å². The van der Waals surface area contributed by atoms with E-state index in [1.165, 1.54) is 18.2 Å². The Balaban J connectivity index is 2.21. The second kappa shape index (κ2) is 3.86. The molecule has 1 aromatic carbocycles. The first-order valence-corrected chi connectivity index (χ1v) is 6.65. The van der Waals surface area contributed by atoms with Gasteiger partial charge in [-0.25, -0.2) is 8.42 Å². The zero-order chi connectivity index (χ0) is 11.8. The van der Waals surface area contributed by atoms with E-state index in [1.54, 1.807) is 6.07 Å². The molecule has 1 aromatic rings. The molecule has 86 valence electrons. The summed E-state index contributed by atoms with van der Waals surface area (Å²) in [7, 11) is -3.11. The average molecular weight is 241 g/mol. The molecule has 5 nitrogen and oxygen atoms in total. The molecule has 1 aliphatic rings. The number of nitro benzene ring substituents is 1. The van der Waals surface area contributed by atoms with Crippen LogP contribution in [0.3, 0.4) is 0 Å². The summed E-state index contributed by atoms with van der Waals surface area (Å²) in [4.78, 5) is 10.0. The Morgan fingerprint density at radius 2 is 2.06 bits per heavy atom. The second-order valence-corrected chi connectivity index (χ2v) is 6.21. The van der Waals surface area contributed by atoms with E-state index < -0.39 is 14.8 Å². The lowest BCUT2D eigenvalue weighted by molar-refractivity contribution is -0.384. The number of hydrogen-bond donors (Lipinski definition) is 0.